The lowest BCUT2D eigenvalue weighted by Gasteiger charge is -2.17. The molecule has 0 bridgehead atoms. The van der Waals surface area contributed by atoms with Crippen LogP contribution in [0, 0.1) is 0 Å². The Balaban J connectivity index is 2.25. The predicted octanol–water partition coefficient (Wildman–Crippen LogP) is 4.61. The zero-order valence-electron chi connectivity index (χ0n) is 9.49. The first-order valence-corrected chi connectivity index (χ1v) is 6.39. The van der Waals surface area contributed by atoms with Crippen LogP contribution in [-0.2, 0) is 0 Å². The minimum absolute atomic E-state index is 0.0661. The molecule has 1 unspecified atom stereocenters. The molecule has 1 N–H and O–H groups in total. The highest BCUT2D eigenvalue weighted by atomic mass is 35.5. The number of nitrogens with one attached hydrogen (secondary N) is 1. The quantitative estimate of drug-likeness (QED) is 0.899. The molecule has 0 saturated carbocycles. The van der Waals surface area contributed by atoms with Gasteiger partial charge in [0.25, 0.3) is 0 Å². The average molecular weight is 303 g/mol. The maximum atomic E-state index is 6.16. The van der Waals surface area contributed by atoms with Gasteiger partial charge in [-0.15, -0.1) is 0 Å². The Morgan fingerprint density at radius 1 is 1.17 bits per heavy atom. The van der Waals surface area contributed by atoms with E-state index < -0.39 is 0 Å². The van der Waals surface area contributed by atoms with E-state index in [4.69, 9.17) is 34.8 Å². The molecule has 2 aromatic rings. The monoisotopic (exact) mass is 301 g/mol. The molecule has 0 saturated heterocycles. The molecule has 2 rings (SSSR count). The summed E-state index contributed by atoms with van der Waals surface area (Å²) in [6.45, 7) is 1.95. The Hall–Kier alpha value is -1.03. The summed E-state index contributed by atoms with van der Waals surface area (Å²) in [5.41, 5.74) is 0.888. The van der Waals surface area contributed by atoms with Gasteiger partial charge < -0.3 is 5.32 Å². The molecule has 0 radical (unpaired) electrons. The summed E-state index contributed by atoms with van der Waals surface area (Å²) in [6.07, 6.45) is 2.96. The molecule has 18 heavy (non-hydrogen) atoms. The fourth-order valence-electron chi connectivity index (χ4n) is 1.56. The van der Waals surface area contributed by atoms with E-state index in [1.807, 2.05) is 19.1 Å². The van der Waals surface area contributed by atoms with Gasteiger partial charge in [0.15, 0.2) is 0 Å². The van der Waals surface area contributed by atoms with Gasteiger partial charge in [-0.05, 0) is 18.6 Å². The Labute approximate surface area is 120 Å². The molecule has 3 nitrogen and oxygen atoms in total. The molecule has 94 valence electrons. The van der Waals surface area contributed by atoms with Crippen molar-refractivity contribution in [3.63, 3.8) is 0 Å². The van der Waals surface area contributed by atoms with Gasteiger partial charge in [0.05, 0.1) is 22.3 Å². The fourth-order valence-corrected chi connectivity index (χ4v) is 2.19. The highest BCUT2D eigenvalue weighted by molar-refractivity contribution is 6.42. The van der Waals surface area contributed by atoms with Crippen molar-refractivity contribution >= 4 is 40.6 Å². The van der Waals surface area contributed by atoms with E-state index in [1.54, 1.807) is 6.07 Å². The van der Waals surface area contributed by atoms with E-state index in [0.717, 1.165) is 5.56 Å². The van der Waals surface area contributed by atoms with Crippen LogP contribution in [0.15, 0.2) is 30.7 Å². The van der Waals surface area contributed by atoms with E-state index in [2.05, 4.69) is 15.3 Å². The van der Waals surface area contributed by atoms with Crippen LogP contribution in [-0.4, -0.2) is 9.97 Å². The van der Waals surface area contributed by atoms with Crippen molar-refractivity contribution in [3.8, 4) is 0 Å². The Morgan fingerprint density at radius 3 is 2.67 bits per heavy atom. The molecule has 1 heterocycles. The van der Waals surface area contributed by atoms with E-state index in [1.165, 1.54) is 12.5 Å². The number of halogens is 3. The molecule has 0 amide bonds. The van der Waals surface area contributed by atoms with Crippen molar-refractivity contribution in [2.45, 2.75) is 13.0 Å². The molecular formula is C12H10Cl3N3. The molecule has 0 aliphatic heterocycles. The van der Waals surface area contributed by atoms with E-state index in [0.29, 0.717) is 20.9 Å². The second kappa shape index (κ2) is 5.74. The normalized spacial score (nSPS) is 12.2. The summed E-state index contributed by atoms with van der Waals surface area (Å²) in [5.74, 6) is 0.565. The van der Waals surface area contributed by atoms with Crippen molar-refractivity contribution in [3.05, 3.63) is 51.4 Å². The fraction of sp³-hybridized carbons (Fsp3) is 0.167. The molecule has 0 fully saturated rings. The SMILES string of the molecule is CC(Nc1ncncc1Cl)c1cccc(Cl)c1Cl. The molecule has 1 aromatic heterocycles. The van der Waals surface area contributed by atoms with Crippen molar-refractivity contribution < 1.29 is 0 Å². The molecule has 0 aliphatic rings. The third-order valence-electron chi connectivity index (χ3n) is 2.47. The summed E-state index contributed by atoms with van der Waals surface area (Å²) in [7, 11) is 0. The van der Waals surface area contributed by atoms with Crippen LogP contribution in [0.25, 0.3) is 0 Å². The topological polar surface area (TPSA) is 37.8 Å². The Morgan fingerprint density at radius 2 is 1.94 bits per heavy atom. The maximum absolute atomic E-state index is 6.16. The molecule has 1 aromatic carbocycles. The second-order valence-corrected chi connectivity index (χ2v) is 4.92. The highest BCUT2D eigenvalue weighted by Crippen LogP contribution is 2.32. The van der Waals surface area contributed by atoms with Crippen molar-refractivity contribution in [1.29, 1.82) is 0 Å². The molecule has 0 aliphatic carbocycles. The molecule has 1 atom stereocenters. The average Bonchev–Trinajstić information content (AvgIpc) is 2.35. The van der Waals surface area contributed by atoms with Gasteiger partial charge in [0.2, 0.25) is 0 Å². The first-order chi connectivity index (χ1) is 8.59. The van der Waals surface area contributed by atoms with E-state index >= 15 is 0 Å². The van der Waals surface area contributed by atoms with E-state index in [-0.39, 0.29) is 6.04 Å². The smallest absolute Gasteiger partial charge is 0.148 e. The zero-order valence-corrected chi connectivity index (χ0v) is 11.8. The minimum atomic E-state index is -0.0661. The van der Waals surface area contributed by atoms with Gasteiger partial charge in [0.1, 0.15) is 17.2 Å². The lowest BCUT2D eigenvalue weighted by atomic mass is 10.1. The largest absolute Gasteiger partial charge is 0.362 e. The third kappa shape index (κ3) is 2.86. The summed E-state index contributed by atoms with van der Waals surface area (Å²) in [5, 5.41) is 4.69. The van der Waals surface area contributed by atoms with Gasteiger partial charge in [-0.3, -0.25) is 0 Å². The van der Waals surface area contributed by atoms with Crippen molar-refractivity contribution in [1.82, 2.24) is 9.97 Å². The second-order valence-electron chi connectivity index (χ2n) is 3.73. The summed E-state index contributed by atoms with van der Waals surface area (Å²) in [6, 6.07) is 5.44. The van der Waals surface area contributed by atoms with Crippen LogP contribution < -0.4 is 5.32 Å². The number of anilines is 1. The van der Waals surface area contributed by atoms with Gasteiger partial charge in [-0.1, -0.05) is 46.9 Å². The van der Waals surface area contributed by atoms with Gasteiger partial charge in [-0.25, -0.2) is 9.97 Å². The number of hydrogen-bond donors (Lipinski definition) is 1. The van der Waals surface area contributed by atoms with Gasteiger partial charge in [0, 0.05) is 0 Å². The molecule has 6 heteroatoms. The Kier molecular flexibility index (Phi) is 4.27. The number of aromatic nitrogens is 2. The van der Waals surface area contributed by atoms with Crippen LogP contribution in [0.5, 0.6) is 0 Å². The van der Waals surface area contributed by atoms with Crippen LogP contribution in [0.3, 0.4) is 0 Å². The van der Waals surface area contributed by atoms with Crippen LogP contribution in [0.1, 0.15) is 18.5 Å². The summed E-state index contributed by atoms with van der Waals surface area (Å²) in [4.78, 5) is 7.89. The van der Waals surface area contributed by atoms with Crippen molar-refractivity contribution in [2.75, 3.05) is 5.32 Å². The zero-order chi connectivity index (χ0) is 13.1. The van der Waals surface area contributed by atoms with Gasteiger partial charge >= 0.3 is 0 Å². The minimum Gasteiger partial charge on any atom is -0.362 e. The number of rotatable bonds is 3. The third-order valence-corrected chi connectivity index (χ3v) is 3.58. The van der Waals surface area contributed by atoms with Crippen LogP contribution >= 0.6 is 34.8 Å². The lowest BCUT2D eigenvalue weighted by Crippen LogP contribution is -2.09. The van der Waals surface area contributed by atoms with Crippen molar-refractivity contribution in [2.24, 2.45) is 0 Å². The number of benzene rings is 1. The summed E-state index contributed by atoms with van der Waals surface area (Å²) < 4.78 is 0. The Bertz CT molecular complexity index is 560. The number of hydrogen-bond acceptors (Lipinski definition) is 3. The summed E-state index contributed by atoms with van der Waals surface area (Å²) >= 11 is 18.1. The van der Waals surface area contributed by atoms with Crippen LogP contribution in [0.4, 0.5) is 5.82 Å². The lowest BCUT2D eigenvalue weighted by molar-refractivity contribution is 0.872. The highest BCUT2D eigenvalue weighted by Gasteiger charge is 2.13. The maximum Gasteiger partial charge on any atom is 0.148 e. The number of nitrogens with zero attached hydrogens (tertiary/aromatic N) is 2. The molecular weight excluding hydrogens is 293 g/mol. The first-order valence-electron chi connectivity index (χ1n) is 5.25. The first kappa shape index (κ1) is 13.4. The van der Waals surface area contributed by atoms with E-state index in [9.17, 15) is 0 Å². The van der Waals surface area contributed by atoms with Crippen LogP contribution in [0.2, 0.25) is 15.1 Å². The standard InChI is InChI=1S/C12H10Cl3N3/c1-7(8-3-2-4-9(13)11(8)15)18-12-10(14)5-16-6-17-12/h2-7H,1H3,(H,16,17,18). The van der Waals surface area contributed by atoms with Gasteiger partial charge in [-0.2, -0.15) is 0 Å². The molecule has 0 spiro atoms. The predicted molar refractivity (Wildman–Crippen MR) is 75.5 cm³/mol.